The molecule has 0 bridgehead atoms. The topological polar surface area (TPSA) is 48.5 Å². The van der Waals surface area contributed by atoms with Crippen LogP contribution in [0.5, 0.6) is 0 Å². The van der Waals surface area contributed by atoms with E-state index in [1.807, 2.05) is 90.4 Å². The smallest absolute Gasteiger partial charge is 0.0160 e. The van der Waals surface area contributed by atoms with Crippen LogP contribution in [0.4, 0.5) is 0 Å². The molecule has 0 aliphatic carbocycles. The summed E-state index contributed by atoms with van der Waals surface area (Å²) < 4.78 is 3.62. The second-order valence-corrected chi connectivity index (χ2v) is 7.63. The van der Waals surface area contributed by atoms with Crippen molar-refractivity contribution in [3.8, 4) is 33.8 Å². The minimum atomic E-state index is 0. The van der Waals surface area contributed by atoms with Gasteiger partial charge in [0.1, 0.15) is 0 Å². The summed E-state index contributed by atoms with van der Waals surface area (Å²) in [6, 6.07) is 26.5. The summed E-state index contributed by atoms with van der Waals surface area (Å²) in [5, 5.41) is 8.94. The van der Waals surface area contributed by atoms with E-state index in [1.54, 1.807) is 6.20 Å². The molecule has 0 spiro atoms. The van der Waals surface area contributed by atoms with Crippen LogP contribution in [0.2, 0.25) is 0 Å². The van der Waals surface area contributed by atoms with Gasteiger partial charge in [-0.2, -0.15) is 0 Å². The number of hydrogen-bond donors (Lipinski definition) is 0. The van der Waals surface area contributed by atoms with Crippen LogP contribution in [0.1, 0.15) is 11.1 Å². The standard InChI is InChI=1S/C16H17N4.C11H8N.Ir.H/c1-11-9-12(2)14(16-6-8-20(4)18-16)10-13(11)15-5-7-19(3)17-15;1-2-6-10(7-3-1)11-8-4-5-9-12-11;;/h5-9H,1-4H3;1-6,8-9H;;/q2*-1;+2;. The second-order valence-electron chi connectivity index (χ2n) is 7.63. The number of aromatic nitrogens is 5. The maximum absolute atomic E-state index is 4.47. The molecular weight excluding hydrogens is 587 g/mol. The van der Waals surface area contributed by atoms with Gasteiger partial charge in [-0.1, -0.05) is 49.2 Å². The molecule has 0 saturated heterocycles. The van der Waals surface area contributed by atoms with Gasteiger partial charge in [-0.15, -0.1) is 59.2 Å². The minimum Gasteiger partial charge on any atom is -0.305 e. The van der Waals surface area contributed by atoms with Gasteiger partial charge in [-0.3, -0.25) is 9.36 Å². The molecule has 5 nitrogen and oxygen atoms in total. The summed E-state index contributed by atoms with van der Waals surface area (Å²) in [6.45, 7) is 4.19. The van der Waals surface area contributed by atoms with E-state index in [1.165, 1.54) is 11.1 Å². The fourth-order valence-corrected chi connectivity index (χ4v) is 3.49. The molecule has 0 fully saturated rings. The molecule has 5 aromatic rings. The summed E-state index contributed by atoms with van der Waals surface area (Å²) in [5.74, 6) is 0. The van der Waals surface area contributed by atoms with Gasteiger partial charge in [-0.05, 0) is 11.8 Å². The molecule has 0 N–H and O–H groups in total. The fraction of sp³-hybridized carbons (Fsp3) is 0.148. The van der Waals surface area contributed by atoms with E-state index in [4.69, 9.17) is 0 Å². The summed E-state index contributed by atoms with van der Waals surface area (Å²) in [7, 11) is 3.85. The first-order valence-electron chi connectivity index (χ1n) is 10.4. The van der Waals surface area contributed by atoms with Crippen LogP contribution in [-0.4, -0.2) is 24.5 Å². The average Bonchev–Trinajstić information content (AvgIpc) is 3.44. The zero-order valence-electron chi connectivity index (χ0n) is 19.1. The van der Waals surface area contributed by atoms with E-state index in [-0.39, 0.29) is 20.1 Å². The Morgan fingerprint density at radius 2 is 1.33 bits per heavy atom. The van der Waals surface area contributed by atoms with Crippen molar-refractivity contribution in [2.75, 3.05) is 0 Å². The van der Waals surface area contributed by atoms with Crippen LogP contribution in [0.15, 0.2) is 79.3 Å². The molecule has 0 amide bonds. The Balaban J connectivity index is 0.000000202. The SMILES string of the molecule is Cc1cc(C)c(-c2ccn(C)n2)[c-]c1-c1ccn(C)n1.[IrH+2].[c-]1ccccc1-c1ccccn1. The Hall–Kier alpha value is -3.34. The normalized spacial score (nSPS) is 10.2. The Labute approximate surface area is 208 Å². The number of pyridine rings is 1. The first-order valence-corrected chi connectivity index (χ1v) is 10.4. The van der Waals surface area contributed by atoms with Crippen LogP contribution < -0.4 is 0 Å². The van der Waals surface area contributed by atoms with Crippen molar-refractivity contribution in [1.82, 2.24) is 24.5 Å². The number of nitrogens with zero attached hydrogens (tertiary/aromatic N) is 5. The van der Waals surface area contributed by atoms with E-state index >= 15 is 0 Å². The molecule has 0 saturated carbocycles. The largest absolute Gasteiger partial charge is 0.305 e. The number of aryl methyl sites for hydroxylation is 4. The monoisotopic (exact) mass is 613 g/mol. The molecule has 0 aliphatic rings. The molecule has 2 aromatic carbocycles. The van der Waals surface area contributed by atoms with Crippen molar-refractivity contribution in [3.05, 3.63) is 103 Å². The summed E-state index contributed by atoms with van der Waals surface area (Å²) >= 11 is 0. The quantitative estimate of drug-likeness (QED) is 0.264. The maximum atomic E-state index is 4.47. The average molecular weight is 613 g/mol. The number of benzene rings is 2. The van der Waals surface area contributed by atoms with Gasteiger partial charge in [0.2, 0.25) is 0 Å². The van der Waals surface area contributed by atoms with Crippen LogP contribution in [0.25, 0.3) is 33.8 Å². The molecule has 0 unspecified atom stereocenters. The fourth-order valence-electron chi connectivity index (χ4n) is 3.49. The van der Waals surface area contributed by atoms with Crippen molar-refractivity contribution in [3.63, 3.8) is 0 Å². The van der Waals surface area contributed by atoms with E-state index < -0.39 is 0 Å². The Morgan fingerprint density at radius 3 is 1.79 bits per heavy atom. The predicted molar refractivity (Wildman–Crippen MR) is 129 cm³/mol. The molecule has 0 aliphatic heterocycles. The van der Waals surface area contributed by atoms with Crippen LogP contribution in [-0.2, 0) is 34.2 Å². The molecule has 168 valence electrons. The van der Waals surface area contributed by atoms with Gasteiger partial charge in [0.25, 0.3) is 0 Å². The van der Waals surface area contributed by atoms with Gasteiger partial charge >= 0.3 is 20.1 Å². The summed E-state index contributed by atoms with van der Waals surface area (Å²) in [6.07, 6.45) is 5.68. The second kappa shape index (κ2) is 11.0. The third-order valence-electron chi connectivity index (χ3n) is 5.06. The van der Waals surface area contributed by atoms with Crippen molar-refractivity contribution in [2.24, 2.45) is 14.1 Å². The Bertz CT molecular complexity index is 1210. The van der Waals surface area contributed by atoms with E-state index in [9.17, 15) is 0 Å². The number of hydrogen-bond acceptors (Lipinski definition) is 3. The van der Waals surface area contributed by atoms with Crippen LogP contribution in [0.3, 0.4) is 0 Å². The number of rotatable bonds is 3. The molecule has 33 heavy (non-hydrogen) atoms. The summed E-state index contributed by atoms with van der Waals surface area (Å²) in [5.41, 5.74) is 8.34. The maximum Gasteiger partial charge on any atom is 0.0160 e. The van der Waals surface area contributed by atoms with E-state index in [2.05, 4.69) is 47.2 Å². The van der Waals surface area contributed by atoms with Crippen LogP contribution in [0, 0.1) is 26.0 Å². The zero-order chi connectivity index (χ0) is 22.5. The Morgan fingerprint density at radius 1 is 0.727 bits per heavy atom. The molecule has 5 rings (SSSR count). The van der Waals surface area contributed by atoms with Crippen molar-refractivity contribution in [2.45, 2.75) is 13.8 Å². The van der Waals surface area contributed by atoms with Gasteiger partial charge in [-0.25, -0.2) is 10.2 Å². The van der Waals surface area contributed by atoms with Crippen molar-refractivity contribution in [1.29, 1.82) is 0 Å². The van der Waals surface area contributed by atoms with E-state index in [0.29, 0.717) is 0 Å². The van der Waals surface area contributed by atoms with Gasteiger partial charge in [0.05, 0.1) is 0 Å². The first kappa shape index (κ1) is 24.3. The molecular formula is C27H26IrN5. The molecule has 1 radical (unpaired) electrons. The Kier molecular flexibility index (Phi) is 8.10. The van der Waals surface area contributed by atoms with Crippen molar-refractivity contribution >= 4 is 0 Å². The van der Waals surface area contributed by atoms with Gasteiger partial charge < -0.3 is 4.98 Å². The molecule has 3 heterocycles. The van der Waals surface area contributed by atoms with Crippen molar-refractivity contribution < 1.29 is 20.1 Å². The molecule has 3 aromatic heterocycles. The molecule has 0 atom stereocenters. The first-order chi connectivity index (χ1) is 15.5. The van der Waals surface area contributed by atoms with Crippen LogP contribution >= 0.6 is 0 Å². The molecule has 6 heteroatoms. The third kappa shape index (κ3) is 5.92. The summed E-state index contributed by atoms with van der Waals surface area (Å²) in [4.78, 5) is 4.22. The van der Waals surface area contributed by atoms with Gasteiger partial charge in [0, 0.05) is 44.1 Å². The third-order valence-corrected chi connectivity index (χ3v) is 5.06. The zero-order valence-corrected chi connectivity index (χ0v) is 21.6. The van der Waals surface area contributed by atoms with E-state index in [0.717, 1.165) is 33.8 Å². The minimum absolute atomic E-state index is 0. The van der Waals surface area contributed by atoms with Gasteiger partial charge in [0.15, 0.2) is 0 Å². The predicted octanol–water partition coefficient (Wildman–Crippen LogP) is 5.18.